The SMILES string of the molecule is CC(C)c1ccc(I)c2ncccc12. The van der Waals surface area contributed by atoms with Gasteiger partial charge in [0.15, 0.2) is 0 Å². The van der Waals surface area contributed by atoms with E-state index in [4.69, 9.17) is 0 Å². The molecule has 0 atom stereocenters. The monoisotopic (exact) mass is 297 g/mol. The molecule has 1 aromatic heterocycles. The van der Waals surface area contributed by atoms with E-state index in [0.717, 1.165) is 5.52 Å². The topological polar surface area (TPSA) is 12.9 Å². The van der Waals surface area contributed by atoms with Crippen molar-refractivity contribution in [1.82, 2.24) is 4.98 Å². The molecule has 1 aromatic carbocycles. The Morgan fingerprint density at radius 3 is 2.71 bits per heavy atom. The maximum Gasteiger partial charge on any atom is 0.0838 e. The molecule has 0 radical (unpaired) electrons. The third-order valence-corrected chi connectivity index (χ3v) is 3.25. The average molecular weight is 297 g/mol. The molecule has 0 aliphatic carbocycles. The number of fused-ring (bicyclic) bond motifs is 1. The summed E-state index contributed by atoms with van der Waals surface area (Å²) < 4.78 is 1.22. The first-order valence-electron chi connectivity index (χ1n) is 4.73. The highest BCUT2D eigenvalue weighted by molar-refractivity contribution is 14.1. The largest absolute Gasteiger partial charge is 0.255 e. The minimum absolute atomic E-state index is 0.554. The van der Waals surface area contributed by atoms with E-state index < -0.39 is 0 Å². The summed E-state index contributed by atoms with van der Waals surface area (Å²) in [5.41, 5.74) is 2.51. The van der Waals surface area contributed by atoms with Crippen LogP contribution in [-0.4, -0.2) is 4.98 Å². The van der Waals surface area contributed by atoms with Crippen LogP contribution in [0.25, 0.3) is 10.9 Å². The summed E-state index contributed by atoms with van der Waals surface area (Å²) in [6.07, 6.45) is 1.86. The van der Waals surface area contributed by atoms with Gasteiger partial charge < -0.3 is 0 Å². The van der Waals surface area contributed by atoms with Gasteiger partial charge in [-0.15, -0.1) is 0 Å². The zero-order chi connectivity index (χ0) is 10.1. The van der Waals surface area contributed by atoms with Crippen molar-refractivity contribution < 1.29 is 0 Å². The van der Waals surface area contributed by atoms with Crippen LogP contribution in [0, 0.1) is 3.57 Å². The lowest BCUT2D eigenvalue weighted by Gasteiger charge is -2.09. The van der Waals surface area contributed by atoms with E-state index in [0.29, 0.717) is 5.92 Å². The van der Waals surface area contributed by atoms with Gasteiger partial charge in [-0.25, -0.2) is 0 Å². The zero-order valence-electron chi connectivity index (χ0n) is 8.29. The molecule has 14 heavy (non-hydrogen) atoms. The van der Waals surface area contributed by atoms with Crippen LogP contribution in [0.3, 0.4) is 0 Å². The quantitative estimate of drug-likeness (QED) is 0.726. The van der Waals surface area contributed by atoms with Gasteiger partial charge in [-0.05, 0) is 46.2 Å². The Labute approximate surface area is 97.7 Å². The number of nitrogens with zero attached hydrogens (tertiary/aromatic N) is 1. The minimum atomic E-state index is 0.554. The second-order valence-corrected chi connectivity index (χ2v) is 4.85. The summed E-state index contributed by atoms with van der Waals surface area (Å²) in [4.78, 5) is 4.42. The van der Waals surface area contributed by atoms with Gasteiger partial charge in [-0.2, -0.15) is 0 Å². The van der Waals surface area contributed by atoms with E-state index >= 15 is 0 Å². The Hall–Kier alpha value is -0.640. The molecule has 0 spiro atoms. The molecule has 0 unspecified atom stereocenters. The summed E-state index contributed by atoms with van der Waals surface area (Å²) in [5, 5.41) is 1.29. The minimum Gasteiger partial charge on any atom is -0.255 e. The number of benzene rings is 1. The molecule has 1 nitrogen and oxygen atoms in total. The third-order valence-electron chi connectivity index (χ3n) is 2.38. The van der Waals surface area contributed by atoms with Crippen LogP contribution in [0.4, 0.5) is 0 Å². The summed E-state index contributed by atoms with van der Waals surface area (Å²) >= 11 is 2.34. The maximum absolute atomic E-state index is 4.42. The molecule has 2 aromatic rings. The van der Waals surface area contributed by atoms with E-state index in [-0.39, 0.29) is 0 Å². The molecule has 0 fully saturated rings. The smallest absolute Gasteiger partial charge is 0.0838 e. The third kappa shape index (κ3) is 1.63. The second kappa shape index (κ2) is 3.85. The van der Waals surface area contributed by atoms with Gasteiger partial charge in [0, 0.05) is 15.2 Å². The Kier molecular flexibility index (Phi) is 2.72. The predicted molar refractivity (Wildman–Crippen MR) is 68.5 cm³/mol. The first-order valence-corrected chi connectivity index (χ1v) is 5.81. The molecule has 0 aliphatic rings. The van der Waals surface area contributed by atoms with Gasteiger partial charge in [-0.1, -0.05) is 26.0 Å². The van der Waals surface area contributed by atoms with E-state index in [1.165, 1.54) is 14.5 Å². The van der Waals surface area contributed by atoms with E-state index in [2.05, 4.69) is 59.6 Å². The van der Waals surface area contributed by atoms with Crippen molar-refractivity contribution in [2.75, 3.05) is 0 Å². The molecule has 1 heterocycles. The second-order valence-electron chi connectivity index (χ2n) is 3.69. The molecule has 0 bridgehead atoms. The average Bonchev–Trinajstić information content (AvgIpc) is 2.18. The highest BCUT2D eigenvalue weighted by atomic mass is 127. The fourth-order valence-electron chi connectivity index (χ4n) is 1.66. The number of hydrogen-bond acceptors (Lipinski definition) is 1. The first-order chi connectivity index (χ1) is 6.70. The molecular formula is C12H12IN. The van der Waals surface area contributed by atoms with Crippen LogP contribution in [-0.2, 0) is 0 Å². The van der Waals surface area contributed by atoms with Gasteiger partial charge in [-0.3, -0.25) is 4.98 Å². The lowest BCUT2D eigenvalue weighted by molar-refractivity contribution is 0.875. The molecule has 0 N–H and O–H groups in total. The summed E-state index contributed by atoms with van der Waals surface area (Å²) in [7, 11) is 0. The fraction of sp³-hybridized carbons (Fsp3) is 0.250. The highest BCUT2D eigenvalue weighted by Crippen LogP contribution is 2.27. The summed E-state index contributed by atoms with van der Waals surface area (Å²) in [6.45, 7) is 4.43. The van der Waals surface area contributed by atoms with E-state index in [9.17, 15) is 0 Å². The van der Waals surface area contributed by atoms with E-state index in [1.54, 1.807) is 0 Å². The molecule has 0 saturated carbocycles. The fourth-order valence-corrected chi connectivity index (χ4v) is 2.27. The Morgan fingerprint density at radius 2 is 2.00 bits per heavy atom. The molecule has 2 rings (SSSR count). The molecule has 0 saturated heterocycles. The molecule has 72 valence electrons. The Bertz CT molecular complexity index is 463. The normalized spacial score (nSPS) is 11.1. The van der Waals surface area contributed by atoms with E-state index in [1.807, 2.05) is 12.3 Å². The molecule has 2 heteroatoms. The number of rotatable bonds is 1. The number of hydrogen-bond donors (Lipinski definition) is 0. The van der Waals surface area contributed by atoms with Crippen molar-refractivity contribution in [3.8, 4) is 0 Å². The highest BCUT2D eigenvalue weighted by Gasteiger charge is 2.07. The lowest BCUT2D eigenvalue weighted by Crippen LogP contribution is -1.92. The van der Waals surface area contributed by atoms with Crippen LogP contribution in [0.5, 0.6) is 0 Å². The summed E-state index contributed by atoms with van der Waals surface area (Å²) in [5.74, 6) is 0.554. The maximum atomic E-state index is 4.42. The van der Waals surface area contributed by atoms with Gasteiger partial charge >= 0.3 is 0 Å². The first kappa shape index (κ1) is 9.90. The Balaban J connectivity index is 2.82. The number of pyridine rings is 1. The van der Waals surface area contributed by atoms with Crippen molar-refractivity contribution in [3.63, 3.8) is 0 Å². The van der Waals surface area contributed by atoms with Crippen LogP contribution in [0.15, 0.2) is 30.5 Å². The van der Waals surface area contributed by atoms with Crippen molar-refractivity contribution in [2.24, 2.45) is 0 Å². The number of halogens is 1. The zero-order valence-corrected chi connectivity index (χ0v) is 10.4. The van der Waals surface area contributed by atoms with Crippen molar-refractivity contribution >= 4 is 33.5 Å². The van der Waals surface area contributed by atoms with Crippen LogP contribution >= 0.6 is 22.6 Å². The number of aromatic nitrogens is 1. The molecular weight excluding hydrogens is 285 g/mol. The Morgan fingerprint density at radius 1 is 1.21 bits per heavy atom. The van der Waals surface area contributed by atoms with Crippen molar-refractivity contribution in [2.45, 2.75) is 19.8 Å². The van der Waals surface area contributed by atoms with Crippen molar-refractivity contribution in [3.05, 3.63) is 39.6 Å². The van der Waals surface area contributed by atoms with Crippen LogP contribution in [0.1, 0.15) is 25.3 Å². The van der Waals surface area contributed by atoms with Crippen LogP contribution in [0.2, 0.25) is 0 Å². The molecule has 0 aliphatic heterocycles. The lowest BCUT2D eigenvalue weighted by atomic mass is 9.98. The van der Waals surface area contributed by atoms with Gasteiger partial charge in [0.1, 0.15) is 0 Å². The predicted octanol–water partition coefficient (Wildman–Crippen LogP) is 3.96. The van der Waals surface area contributed by atoms with Gasteiger partial charge in [0.2, 0.25) is 0 Å². The van der Waals surface area contributed by atoms with Gasteiger partial charge in [0.25, 0.3) is 0 Å². The van der Waals surface area contributed by atoms with Crippen molar-refractivity contribution in [1.29, 1.82) is 0 Å². The molecule has 0 amide bonds. The summed E-state index contributed by atoms with van der Waals surface area (Å²) in [6, 6.07) is 8.51. The standard InChI is InChI=1S/C12H12IN/c1-8(2)9-5-6-11(13)12-10(9)4-3-7-14-12/h3-8H,1-2H3. The van der Waals surface area contributed by atoms with Gasteiger partial charge in [0.05, 0.1) is 5.52 Å². The van der Waals surface area contributed by atoms with Crippen LogP contribution < -0.4 is 0 Å².